The molecular weight excluding hydrogens is 269 g/mol. The van der Waals surface area contributed by atoms with E-state index < -0.39 is 0 Å². The van der Waals surface area contributed by atoms with Gasteiger partial charge in [-0.1, -0.05) is 30.7 Å². The van der Waals surface area contributed by atoms with Crippen molar-refractivity contribution < 1.29 is 4.39 Å². The summed E-state index contributed by atoms with van der Waals surface area (Å²) < 4.78 is 13.9. The van der Waals surface area contributed by atoms with Gasteiger partial charge in [0.15, 0.2) is 0 Å². The zero-order valence-electron chi connectivity index (χ0n) is 10.3. The number of nitrogens with one attached hydrogen (secondary N) is 1. The van der Waals surface area contributed by atoms with E-state index in [2.05, 4.69) is 19.2 Å². The minimum atomic E-state index is -0.344. The molecule has 2 aromatic rings. The Bertz CT molecular complexity index is 538. The van der Waals surface area contributed by atoms with Gasteiger partial charge in [0.1, 0.15) is 5.82 Å². The molecule has 0 saturated carbocycles. The van der Waals surface area contributed by atoms with Crippen LogP contribution in [-0.4, -0.2) is 6.54 Å². The third kappa shape index (κ3) is 2.74. The Hall–Kier alpha value is -0.900. The van der Waals surface area contributed by atoms with Crippen molar-refractivity contribution in [3.63, 3.8) is 0 Å². The molecule has 0 aliphatic carbocycles. The molecule has 0 saturated heterocycles. The second-order valence-corrected chi connectivity index (χ2v) is 5.61. The number of benzene rings is 1. The van der Waals surface area contributed by atoms with Crippen molar-refractivity contribution in [2.75, 3.05) is 6.54 Å². The van der Waals surface area contributed by atoms with Crippen molar-refractivity contribution in [1.82, 2.24) is 5.32 Å². The van der Waals surface area contributed by atoms with Crippen LogP contribution in [0.5, 0.6) is 0 Å². The van der Waals surface area contributed by atoms with E-state index >= 15 is 0 Å². The molecule has 1 nitrogen and oxygen atoms in total. The Morgan fingerprint density at radius 2 is 2.11 bits per heavy atom. The topological polar surface area (TPSA) is 12.0 Å². The summed E-state index contributed by atoms with van der Waals surface area (Å²) in [7, 11) is 0. The molecule has 1 aromatic carbocycles. The Labute approximate surface area is 116 Å². The highest BCUT2D eigenvalue weighted by molar-refractivity contribution is 7.15. The Morgan fingerprint density at radius 3 is 2.83 bits per heavy atom. The molecule has 2 rings (SSSR count). The lowest BCUT2D eigenvalue weighted by molar-refractivity contribution is 0.607. The molecule has 1 aromatic heterocycles. The van der Waals surface area contributed by atoms with Crippen molar-refractivity contribution in [3.8, 4) is 10.4 Å². The lowest BCUT2D eigenvalue weighted by Crippen LogP contribution is -2.16. The Kier molecular flexibility index (Phi) is 4.38. The summed E-state index contributed by atoms with van der Waals surface area (Å²) in [6.45, 7) is 5.09. The SMILES string of the molecule is CCNC(C)c1ccc(-c2cccc(Cl)c2F)s1. The first kappa shape index (κ1) is 13.5. The van der Waals surface area contributed by atoms with Crippen molar-refractivity contribution in [2.24, 2.45) is 0 Å². The molecule has 0 bridgehead atoms. The van der Waals surface area contributed by atoms with Gasteiger partial charge in [-0.05, 0) is 31.7 Å². The second kappa shape index (κ2) is 5.83. The van der Waals surface area contributed by atoms with Crippen LogP contribution in [0.3, 0.4) is 0 Å². The van der Waals surface area contributed by atoms with Crippen LogP contribution in [-0.2, 0) is 0 Å². The molecule has 0 aliphatic heterocycles. The highest BCUT2D eigenvalue weighted by Crippen LogP contribution is 2.34. The van der Waals surface area contributed by atoms with E-state index in [4.69, 9.17) is 11.6 Å². The predicted molar refractivity (Wildman–Crippen MR) is 76.8 cm³/mol. The molecule has 96 valence electrons. The summed E-state index contributed by atoms with van der Waals surface area (Å²) in [4.78, 5) is 2.11. The van der Waals surface area contributed by atoms with E-state index in [9.17, 15) is 4.39 Å². The first-order chi connectivity index (χ1) is 8.63. The molecule has 0 amide bonds. The van der Waals surface area contributed by atoms with Gasteiger partial charge in [-0.15, -0.1) is 11.3 Å². The molecule has 0 aliphatic rings. The molecule has 0 fully saturated rings. The summed E-state index contributed by atoms with van der Waals surface area (Å²) in [6.07, 6.45) is 0. The fraction of sp³-hybridized carbons (Fsp3) is 0.286. The van der Waals surface area contributed by atoms with Crippen LogP contribution in [0, 0.1) is 5.82 Å². The van der Waals surface area contributed by atoms with Crippen LogP contribution in [0.2, 0.25) is 5.02 Å². The number of thiophene rings is 1. The summed E-state index contributed by atoms with van der Waals surface area (Å²) in [6, 6.07) is 9.37. The Morgan fingerprint density at radius 1 is 1.33 bits per heavy atom. The van der Waals surface area contributed by atoms with Gasteiger partial charge in [-0.2, -0.15) is 0 Å². The van der Waals surface area contributed by atoms with Crippen LogP contribution in [0.25, 0.3) is 10.4 Å². The van der Waals surface area contributed by atoms with Gasteiger partial charge in [0.25, 0.3) is 0 Å². The maximum absolute atomic E-state index is 13.9. The van der Waals surface area contributed by atoms with Crippen LogP contribution in [0.4, 0.5) is 4.39 Å². The molecule has 18 heavy (non-hydrogen) atoms. The third-order valence-corrected chi connectivity index (χ3v) is 4.37. The van der Waals surface area contributed by atoms with Crippen molar-refractivity contribution >= 4 is 22.9 Å². The van der Waals surface area contributed by atoms with Gasteiger partial charge in [0, 0.05) is 21.4 Å². The zero-order chi connectivity index (χ0) is 13.1. The largest absolute Gasteiger partial charge is 0.310 e. The number of halogens is 2. The van der Waals surface area contributed by atoms with Gasteiger partial charge in [0.2, 0.25) is 0 Å². The van der Waals surface area contributed by atoms with Crippen LogP contribution in [0.15, 0.2) is 30.3 Å². The number of hydrogen-bond acceptors (Lipinski definition) is 2. The van der Waals surface area contributed by atoms with E-state index in [-0.39, 0.29) is 16.9 Å². The van der Waals surface area contributed by atoms with E-state index in [0.717, 1.165) is 11.4 Å². The lowest BCUT2D eigenvalue weighted by atomic mass is 10.2. The molecule has 1 heterocycles. The number of rotatable bonds is 4. The van der Waals surface area contributed by atoms with Gasteiger partial charge < -0.3 is 5.32 Å². The highest BCUT2D eigenvalue weighted by atomic mass is 35.5. The van der Waals surface area contributed by atoms with Crippen molar-refractivity contribution in [1.29, 1.82) is 0 Å². The first-order valence-electron chi connectivity index (χ1n) is 5.91. The molecule has 0 radical (unpaired) electrons. The van der Waals surface area contributed by atoms with Gasteiger partial charge in [-0.3, -0.25) is 0 Å². The smallest absolute Gasteiger partial charge is 0.150 e. The summed E-state index contributed by atoms with van der Waals surface area (Å²) >= 11 is 7.40. The standard InChI is InChI=1S/C14H15ClFNS/c1-3-17-9(2)12-7-8-13(18-12)10-5-4-6-11(15)14(10)16/h4-9,17H,3H2,1-2H3. The fourth-order valence-corrected chi connectivity index (χ4v) is 3.06. The van der Waals surface area contributed by atoms with Crippen molar-refractivity contribution in [3.05, 3.63) is 46.0 Å². The van der Waals surface area contributed by atoms with Crippen LogP contribution < -0.4 is 5.32 Å². The van der Waals surface area contributed by atoms with Gasteiger partial charge in [-0.25, -0.2) is 4.39 Å². The third-order valence-electron chi connectivity index (χ3n) is 2.78. The van der Waals surface area contributed by atoms with E-state index in [1.807, 2.05) is 12.1 Å². The predicted octanol–water partition coefficient (Wildman–Crippen LogP) is 4.88. The maximum Gasteiger partial charge on any atom is 0.150 e. The van der Waals surface area contributed by atoms with E-state index in [0.29, 0.717) is 5.56 Å². The summed E-state index contributed by atoms with van der Waals surface area (Å²) in [5.74, 6) is -0.344. The normalized spacial score (nSPS) is 12.7. The molecule has 1 unspecified atom stereocenters. The average molecular weight is 284 g/mol. The molecule has 1 atom stereocenters. The lowest BCUT2D eigenvalue weighted by Gasteiger charge is -2.09. The summed E-state index contributed by atoms with van der Waals surface area (Å²) in [5.41, 5.74) is 0.572. The Balaban J connectivity index is 2.32. The molecular formula is C14H15ClFNS. The minimum Gasteiger partial charge on any atom is -0.310 e. The van der Waals surface area contributed by atoms with Crippen LogP contribution in [0.1, 0.15) is 24.8 Å². The van der Waals surface area contributed by atoms with E-state index in [1.54, 1.807) is 29.5 Å². The number of hydrogen-bond donors (Lipinski definition) is 1. The van der Waals surface area contributed by atoms with E-state index in [1.165, 1.54) is 4.88 Å². The first-order valence-corrected chi connectivity index (χ1v) is 7.10. The zero-order valence-corrected chi connectivity index (χ0v) is 11.9. The minimum absolute atomic E-state index is 0.169. The molecule has 1 N–H and O–H groups in total. The highest BCUT2D eigenvalue weighted by Gasteiger charge is 2.12. The fourth-order valence-electron chi connectivity index (χ4n) is 1.83. The van der Waals surface area contributed by atoms with Gasteiger partial charge in [0.05, 0.1) is 5.02 Å². The summed E-state index contributed by atoms with van der Waals surface area (Å²) in [5, 5.41) is 3.51. The monoisotopic (exact) mass is 283 g/mol. The molecule has 0 spiro atoms. The second-order valence-electron chi connectivity index (χ2n) is 4.08. The average Bonchev–Trinajstić information content (AvgIpc) is 2.82. The van der Waals surface area contributed by atoms with Crippen molar-refractivity contribution in [2.45, 2.75) is 19.9 Å². The quantitative estimate of drug-likeness (QED) is 0.843. The molecule has 4 heteroatoms. The maximum atomic E-state index is 13.9. The van der Waals surface area contributed by atoms with Crippen LogP contribution >= 0.6 is 22.9 Å². The van der Waals surface area contributed by atoms with Gasteiger partial charge >= 0.3 is 0 Å².